The number of amides is 1. The highest BCUT2D eigenvalue weighted by Crippen LogP contribution is 2.21. The van der Waals surface area contributed by atoms with Gasteiger partial charge in [0.1, 0.15) is 5.69 Å². The summed E-state index contributed by atoms with van der Waals surface area (Å²) in [5, 5.41) is 5.94. The zero-order valence-electron chi connectivity index (χ0n) is 13.3. The van der Waals surface area contributed by atoms with Gasteiger partial charge in [0.15, 0.2) is 0 Å². The molecule has 5 heteroatoms. The highest BCUT2D eigenvalue weighted by molar-refractivity contribution is 7.09. The first kappa shape index (κ1) is 16.1. The molecule has 1 saturated carbocycles. The summed E-state index contributed by atoms with van der Waals surface area (Å²) in [7, 11) is 1.76. The summed E-state index contributed by atoms with van der Waals surface area (Å²) >= 11 is 1.55. The van der Waals surface area contributed by atoms with Gasteiger partial charge in [-0.3, -0.25) is 4.79 Å². The van der Waals surface area contributed by atoms with E-state index in [2.05, 4.69) is 22.4 Å². The van der Waals surface area contributed by atoms with Crippen LogP contribution in [0.4, 0.5) is 0 Å². The number of thiazole rings is 1. The number of hydrogen-bond acceptors (Lipinski definition) is 4. The SMILES string of the molecule is COC1CCC(NC(=O)c2csc(Cc3ccccc3)n2)CC1. The highest BCUT2D eigenvalue weighted by atomic mass is 32.1. The average Bonchev–Trinajstić information content (AvgIpc) is 3.05. The lowest BCUT2D eigenvalue weighted by Crippen LogP contribution is -2.39. The maximum Gasteiger partial charge on any atom is 0.270 e. The summed E-state index contributed by atoms with van der Waals surface area (Å²) in [5.41, 5.74) is 1.75. The minimum atomic E-state index is -0.0542. The minimum absolute atomic E-state index is 0.0542. The fourth-order valence-electron chi connectivity index (χ4n) is 2.97. The van der Waals surface area contributed by atoms with E-state index in [0.717, 1.165) is 37.1 Å². The topological polar surface area (TPSA) is 51.2 Å². The Morgan fingerprint density at radius 3 is 2.70 bits per heavy atom. The smallest absolute Gasteiger partial charge is 0.270 e. The highest BCUT2D eigenvalue weighted by Gasteiger charge is 2.23. The van der Waals surface area contributed by atoms with Crippen LogP contribution in [0.2, 0.25) is 0 Å². The minimum Gasteiger partial charge on any atom is -0.381 e. The number of benzene rings is 1. The lowest BCUT2D eigenvalue weighted by atomic mass is 9.93. The molecular formula is C18H22N2O2S. The van der Waals surface area contributed by atoms with E-state index in [1.165, 1.54) is 5.56 Å². The molecule has 1 N–H and O–H groups in total. The molecular weight excluding hydrogens is 308 g/mol. The Bertz CT molecular complexity index is 633. The van der Waals surface area contributed by atoms with Crippen molar-refractivity contribution in [3.8, 4) is 0 Å². The third-order valence-corrected chi connectivity index (χ3v) is 5.17. The number of rotatable bonds is 5. The Morgan fingerprint density at radius 1 is 1.26 bits per heavy atom. The number of carbonyl (C=O) groups excluding carboxylic acids is 1. The molecule has 1 aliphatic carbocycles. The number of carbonyl (C=O) groups is 1. The predicted molar refractivity (Wildman–Crippen MR) is 91.9 cm³/mol. The number of aromatic nitrogens is 1. The monoisotopic (exact) mass is 330 g/mol. The molecule has 1 aromatic heterocycles. The summed E-state index contributed by atoms with van der Waals surface area (Å²) in [6.45, 7) is 0. The molecule has 0 radical (unpaired) electrons. The molecule has 0 aliphatic heterocycles. The van der Waals surface area contributed by atoms with Crippen molar-refractivity contribution in [2.45, 2.75) is 44.2 Å². The number of hydrogen-bond donors (Lipinski definition) is 1. The number of methoxy groups -OCH3 is 1. The van der Waals surface area contributed by atoms with Crippen LogP contribution >= 0.6 is 11.3 Å². The quantitative estimate of drug-likeness (QED) is 0.914. The van der Waals surface area contributed by atoms with Gasteiger partial charge in [-0.05, 0) is 31.2 Å². The molecule has 0 saturated heterocycles. The third kappa shape index (κ3) is 4.39. The maximum absolute atomic E-state index is 12.3. The van der Waals surface area contributed by atoms with Crippen LogP contribution in [0.5, 0.6) is 0 Å². The van der Waals surface area contributed by atoms with Crippen LogP contribution in [-0.2, 0) is 11.2 Å². The molecule has 0 atom stereocenters. The molecule has 1 aromatic carbocycles. The number of ether oxygens (including phenoxy) is 1. The van der Waals surface area contributed by atoms with Crippen LogP contribution in [-0.4, -0.2) is 30.1 Å². The molecule has 1 fully saturated rings. The van der Waals surface area contributed by atoms with Crippen molar-refractivity contribution < 1.29 is 9.53 Å². The number of nitrogens with zero attached hydrogens (tertiary/aromatic N) is 1. The van der Waals surface area contributed by atoms with E-state index in [4.69, 9.17) is 4.74 Å². The van der Waals surface area contributed by atoms with Crippen LogP contribution in [0.3, 0.4) is 0 Å². The zero-order chi connectivity index (χ0) is 16.1. The fraction of sp³-hybridized carbons (Fsp3) is 0.444. The van der Waals surface area contributed by atoms with Crippen LogP contribution < -0.4 is 5.32 Å². The van der Waals surface area contributed by atoms with Gasteiger partial charge in [-0.2, -0.15) is 0 Å². The molecule has 0 unspecified atom stereocenters. The molecule has 3 rings (SSSR count). The maximum atomic E-state index is 12.3. The molecule has 0 spiro atoms. The van der Waals surface area contributed by atoms with Gasteiger partial charge in [0.2, 0.25) is 0 Å². The third-order valence-electron chi connectivity index (χ3n) is 4.33. The summed E-state index contributed by atoms with van der Waals surface area (Å²) in [6.07, 6.45) is 5.10. The van der Waals surface area contributed by atoms with Crippen molar-refractivity contribution in [1.29, 1.82) is 0 Å². The Balaban J connectivity index is 1.54. The van der Waals surface area contributed by atoms with Crippen molar-refractivity contribution in [2.75, 3.05) is 7.11 Å². The van der Waals surface area contributed by atoms with Gasteiger partial charge in [-0.15, -0.1) is 11.3 Å². The van der Waals surface area contributed by atoms with Crippen LogP contribution in [0, 0.1) is 0 Å². The Morgan fingerprint density at radius 2 is 2.00 bits per heavy atom. The molecule has 4 nitrogen and oxygen atoms in total. The molecule has 1 aliphatic rings. The normalized spacial score (nSPS) is 21.1. The first-order valence-electron chi connectivity index (χ1n) is 8.06. The van der Waals surface area contributed by atoms with Gasteiger partial charge >= 0.3 is 0 Å². The van der Waals surface area contributed by atoms with Crippen molar-refractivity contribution in [3.63, 3.8) is 0 Å². The molecule has 122 valence electrons. The predicted octanol–water partition coefficient (Wildman–Crippen LogP) is 3.42. The first-order chi connectivity index (χ1) is 11.2. The number of nitrogens with one attached hydrogen (secondary N) is 1. The van der Waals surface area contributed by atoms with Crippen LogP contribution in [0.1, 0.15) is 46.7 Å². The van der Waals surface area contributed by atoms with Gasteiger partial charge in [0.25, 0.3) is 5.91 Å². The van der Waals surface area contributed by atoms with Gasteiger partial charge < -0.3 is 10.1 Å². The van der Waals surface area contributed by atoms with Gasteiger partial charge in [0.05, 0.1) is 11.1 Å². The van der Waals surface area contributed by atoms with Crippen LogP contribution in [0.25, 0.3) is 0 Å². The second-order valence-electron chi connectivity index (χ2n) is 5.97. The second-order valence-corrected chi connectivity index (χ2v) is 6.91. The van der Waals surface area contributed by atoms with Crippen LogP contribution in [0.15, 0.2) is 35.7 Å². The van der Waals surface area contributed by atoms with E-state index < -0.39 is 0 Å². The second kappa shape index (κ2) is 7.70. The summed E-state index contributed by atoms with van der Waals surface area (Å²) in [4.78, 5) is 16.8. The zero-order valence-corrected chi connectivity index (χ0v) is 14.1. The molecule has 1 amide bonds. The van der Waals surface area contributed by atoms with E-state index in [1.54, 1.807) is 18.4 Å². The molecule has 2 aromatic rings. The lowest BCUT2D eigenvalue weighted by Gasteiger charge is -2.27. The van der Waals surface area contributed by atoms with E-state index in [-0.39, 0.29) is 11.9 Å². The van der Waals surface area contributed by atoms with Crippen molar-refractivity contribution in [2.24, 2.45) is 0 Å². The summed E-state index contributed by atoms with van der Waals surface area (Å²) < 4.78 is 5.37. The Kier molecular flexibility index (Phi) is 5.41. The van der Waals surface area contributed by atoms with Crippen molar-refractivity contribution in [3.05, 3.63) is 52.0 Å². The molecule has 23 heavy (non-hydrogen) atoms. The molecule has 1 heterocycles. The molecule has 0 bridgehead atoms. The largest absolute Gasteiger partial charge is 0.381 e. The first-order valence-corrected chi connectivity index (χ1v) is 8.94. The van der Waals surface area contributed by atoms with E-state index in [0.29, 0.717) is 11.8 Å². The fourth-order valence-corrected chi connectivity index (χ4v) is 3.78. The summed E-state index contributed by atoms with van der Waals surface area (Å²) in [6, 6.07) is 10.4. The average molecular weight is 330 g/mol. The van der Waals surface area contributed by atoms with Crippen molar-refractivity contribution >= 4 is 17.2 Å². The van der Waals surface area contributed by atoms with Gasteiger partial charge in [0, 0.05) is 25.0 Å². The van der Waals surface area contributed by atoms with Gasteiger partial charge in [-0.25, -0.2) is 4.98 Å². The van der Waals surface area contributed by atoms with E-state index >= 15 is 0 Å². The van der Waals surface area contributed by atoms with E-state index in [1.807, 2.05) is 23.6 Å². The Hall–Kier alpha value is -1.72. The Labute approximate surface area is 140 Å². The van der Waals surface area contributed by atoms with E-state index in [9.17, 15) is 4.79 Å². The van der Waals surface area contributed by atoms with Crippen molar-refractivity contribution in [1.82, 2.24) is 10.3 Å². The lowest BCUT2D eigenvalue weighted by molar-refractivity contribution is 0.0598. The summed E-state index contributed by atoms with van der Waals surface area (Å²) in [5.74, 6) is -0.0542. The van der Waals surface area contributed by atoms with Gasteiger partial charge in [-0.1, -0.05) is 30.3 Å². The standard InChI is InChI=1S/C18H22N2O2S/c1-22-15-9-7-14(8-10-15)19-18(21)16-12-23-17(20-16)11-13-5-3-2-4-6-13/h2-6,12,14-15H,7-11H2,1H3,(H,19,21).